The molecule has 1 aromatic heterocycles. The predicted octanol–water partition coefficient (Wildman–Crippen LogP) is 4.17. The van der Waals surface area contributed by atoms with Crippen LogP contribution in [0, 0.1) is 0 Å². The molecule has 0 fully saturated rings. The zero-order valence-electron chi connectivity index (χ0n) is 23.1. The van der Waals surface area contributed by atoms with E-state index in [1.165, 1.54) is 18.2 Å². The summed E-state index contributed by atoms with van der Waals surface area (Å²) in [6, 6.07) is 12.0. The van der Waals surface area contributed by atoms with Crippen molar-refractivity contribution in [2.45, 2.75) is 52.8 Å². The molecule has 0 aliphatic heterocycles. The van der Waals surface area contributed by atoms with Crippen molar-refractivity contribution in [2.24, 2.45) is 5.73 Å². The Labute approximate surface area is 228 Å². The summed E-state index contributed by atoms with van der Waals surface area (Å²) in [6.07, 6.45) is 0.797. The number of ether oxygens (including phenoxy) is 3. The van der Waals surface area contributed by atoms with Crippen molar-refractivity contribution in [2.75, 3.05) is 24.4 Å². The van der Waals surface area contributed by atoms with E-state index in [2.05, 4.69) is 15.3 Å². The summed E-state index contributed by atoms with van der Waals surface area (Å²) in [4.78, 5) is 35.9. The Bertz CT molecular complexity index is 1320. The van der Waals surface area contributed by atoms with Gasteiger partial charge in [-0.15, -0.1) is 0 Å². The van der Waals surface area contributed by atoms with Gasteiger partial charge < -0.3 is 31.0 Å². The first-order valence-corrected chi connectivity index (χ1v) is 12.5. The number of nitrogens with one attached hydrogen (secondary N) is 1. The molecule has 0 saturated carbocycles. The fourth-order valence-electron chi connectivity index (χ4n) is 3.57. The fourth-order valence-corrected chi connectivity index (χ4v) is 3.57. The number of nitrogens with two attached hydrogens (primary N) is 2. The van der Waals surface area contributed by atoms with Crippen LogP contribution in [0.15, 0.2) is 48.7 Å². The number of anilines is 3. The number of carbonyl (C=O) groups is 2. The van der Waals surface area contributed by atoms with Crippen LogP contribution in [0.5, 0.6) is 11.5 Å². The summed E-state index contributed by atoms with van der Waals surface area (Å²) in [5.74, 6) is 0.931. The third-order valence-corrected chi connectivity index (χ3v) is 5.26. The highest BCUT2D eigenvalue weighted by molar-refractivity contribution is 5.97. The maximum Gasteiger partial charge on any atom is 0.420 e. The first kappa shape index (κ1) is 29.2. The molecule has 5 N–H and O–H groups in total. The molecule has 0 atom stereocenters. The highest BCUT2D eigenvalue weighted by Crippen LogP contribution is 2.36. The van der Waals surface area contributed by atoms with E-state index in [0.29, 0.717) is 34.1 Å². The molecule has 11 heteroatoms. The van der Waals surface area contributed by atoms with Crippen LogP contribution in [-0.4, -0.2) is 47.3 Å². The Balaban J connectivity index is 2.06. The topological polar surface area (TPSA) is 155 Å². The molecule has 0 bridgehead atoms. The van der Waals surface area contributed by atoms with E-state index in [1.807, 2.05) is 13.8 Å². The second kappa shape index (κ2) is 12.4. The fraction of sp³-hybridized carbons (Fsp3) is 0.357. The summed E-state index contributed by atoms with van der Waals surface area (Å²) >= 11 is 0. The van der Waals surface area contributed by atoms with Gasteiger partial charge >= 0.3 is 6.09 Å². The largest absolute Gasteiger partial charge is 0.491 e. The molecule has 0 aliphatic rings. The molecule has 0 spiro atoms. The van der Waals surface area contributed by atoms with Crippen molar-refractivity contribution in [3.05, 3.63) is 54.2 Å². The first-order valence-electron chi connectivity index (χ1n) is 12.5. The van der Waals surface area contributed by atoms with E-state index in [-0.39, 0.29) is 36.7 Å². The van der Waals surface area contributed by atoms with Crippen LogP contribution < -0.4 is 31.2 Å². The number of methoxy groups -OCH3 is 1. The van der Waals surface area contributed by atoms with Gasteiger partial charge in [-0.05, 0) is 70.5 Å². The van der Waals surface area contributed by atoms with Crippen LogP contribution in [-0.2, 0) is 16.1 Å². The van der Waals surface area contributed by atoms with Crippen molar-refractivity contribution < 1.29 is 23.8 Å². The number of carbonyl (C=O) groups excluding carboxylic acids is 2. The second-order valence-corrected chi connectivity index (χ2v) is 10.0. The number of amides is 2. The van der Waals surface area contributed by atoms with Gasteiger partial charge in [-0.25, -0.2) is 19.7 Å². The minimum Gasteiger partial charge on any atom is -0.491 e. The van der Waals surface area contributed by atoms with Crippen molar-refractivity contribution >= 4 is 29.2 Å². The highest BCUT2D eigenvalue weighted by atomic mass is 16.6. The lowest BCUT2D eigenvalue weighted by Gasteiger charge is -2.28. The van der Waals surface area contributed by atoms with Crippen molar-refractivity contribution in [3.8, 4) is 22.9 Å². The molecule has 0 aliphatic carbocycles. The summed E-state index contributed by atoms with van der Waals surface area (Å²) in [7, 11) is 1.46. The Morgan fingerprint density at radius 3 is 2.51 bits per heavy atom. The maximum absolute atomic E-state index is 13.5. The molecular formula is C28H36N6O5. The molecule has 0 saturated heterocycles. The number of nitrogens with zero attached hydrogens (tertiary/aromatic N) is 3. The predicted molar refractivity (Wildman–Crippen MR) is 150 cm³/mol. The first-order chi connectivity index (χ1) is 18.4. The summed E-state index contributed by atoms with van der Waals surface area (Å²) in [6.45, 7) is 9.10. The molecule has 2 amide bonds. The van der Waals surface area contributed by atoms with E-state index in [1.54, 1.807) is 63.2 Å². The second-order valence-electron chi connectivity index (χ2n) is 10.0. The quantitative estimate of drug-likeness (QED) is 0.342. The Morgan fingerprint density at radius 1 is 1.13 bits per heavy atom. The standard InChI is InChI=1S/C28H36N6O5/c1-17(2)32-24(35)16-38-21-9-7-8-18(13-21)25-31-15-23(37-6)26(33-25)34(27(36)39-28(3,4)5)20-10-11-22(30)19(12-20)14-29/h7-13,15,17H,14,16,29-30H2,1-6H3,(H,32,35). The van der Waals surface area contributed by atoms with E-state index < -0.39 is 11.7 Å². The summed E-state index contributed by atoms with van der Waals surface area (Å²) in [5.41, 5.74) is 13.3. The van der Waals surface area contributed by atoms with E-state index in [0.717, 1.165) is 0 Å². The molecule has 1 heterocycles. The van der Waals surface area contributed by atoms with Crippen LogP contribution in [0.1, 0.15) is 40.2 Å². The Hall–Kier alpha value is -4.38. The van der Waals surface area contributed by atoms with Crippen LogP contribution in [0.25, 0.3) is 11.4 Å². The van der Waals surface area contributed by atoms with Gasteiger partial charge in [0.15, 0.2) is 24.0 Å². The molecular weight excluding hydrogens is 500 g/mol. The Kier molecular flexibility index (Phi) is 9.31. The molecule has 0 unspecified atom stereocenters. The van der Waals surface area contributed by atoms with Gasteiger partial charge in [0, 0.05) is 23.8 Å². The molecule has 39 heavy (non-hydrogen) atoms. The van der Waals surface area contributed by atoms with Gasteiger partial charge in [-0.1, -0.05) is 12.1 Å². The smallest absolute Gasteiger partial charge is 0.420 e. The lowest BCUT2D eigenvalue weighted by molar-refractivity contribution is -0.123. The van der Waals surface area contributed by atoms with Gasteiger partial charge in [-0.2, -0.15) is 0 Å². The lowest BCUT2D eigenvalue weighted by atomic mass is 10.1. The molecule has 11 nitrogen and oxygen atoms in total. The summed E-state index contributed by atoms with van der Waals surface area (Å²) < 4.78 is 16.9. The number of hydrogen-bond donors (Lipinski definition) is 3. The van der Waals surface area contributed by atoms with Crippen molar-refractivity contribution in [3.63, 3.8) is 0 Å². The van der Waals surface area contributed by atoms with Crippen molar-refractivity contribution in [1.82, 2.24) is 15.3 Å². The number of hydrogen-bond acceptors (Lipinski definition) is 9. The van der Waals surface area contributed by atoms with E-state index >= 15 is 0 Å². The molecule has 2 aromatic carbocycles. The van der Waals surface area contributed by atoms with Gasteiger partial charge in [0.1, 0.15) is 11.4 Å². The van der Waals surface area contributed by atoms with Crippen LogP contribution in [0.4, 0.5) is 22.0 Å². The van der Waals surface area contributed by atoms with E-state index in [4.69, 9.17) is 25.7 Å². The number of benzene rings is 2. The molecule has 0 radical (unpaired) electrons. The SMILES string of the molecule is COc1cnc(-c2cccc(OCC(=O)NC(C)C)c2)nc1N(C(=O)OC(C)(C)C)c1ccc(N)c(CN)c1. The van der Waals surface area contributed by atoms with Gasteiger partial charge in [-0.3, -0.25) is 4.79 Å². The minimum atomic E-state index is -0.781. The highest BCUT2D eigenvalue weighted by Gasteiger charge is 2.29. The normalized spacial score (nSPS) is 11.2. The van der Waals surface area contributed by atoms with Crippen LogP contribution >= 0.6 is 0 Å². The van der Waals surface area contributed by atoms with E-state index in [9.17, 15) is 9.59 Å². The number of nitrogen functional groups attached to an aromatic ring is 1. The zero-order valence-corrected chi connectivity index (χ0v) is 23.1. The number of rotatable bonds is 9. The minimum absolute atomic E-state index is 0.00783. The van der Waals surface area contributed by atoms with Gasteiger partial charge in [0.25, 0.3) is 5.91 Å². The average molecular weight is 537 g/mol. The average Bonchev–Trinajstić information content (AvgIpc) is 2.87. The third kappa shape index (κ3) is 7.81. The lowest BCUT2D eigenvalue weighted by Crippen LogP contribution is -2.34. The monoisotopic (exact) mass is 536 g/mol. The van der Waals surface area contributed by atoms with Crippen LogP contribution in [0.2, 0.25) is 0 Å². The number of aromatic nitrogens is 2. The summed E-state index contributed by atoms with van der Waals surface area (Å²) in [5, 5.41) is 2.78. The zero-order chi connectivity index (χ0) is 28.7. The molecule has 208 valence electrons. The van der Waals surface area contributed by atoms with Crippen molar-refractivity contribution in [1.29, 1.82) is 0 Å². The van der Waals surface area contributed by atoms with Gasteiger partial charge in [0.05, 0.1) is 19.0 Å². The Morgan fingerprint density at radius 2 is 1.87 bits per heavy atom. The molecule has 3 aromatic rings. The van der Waals surface area contributed by atoms with Gasteiger partial charge in [0.2, 0.25) is 0 Å². The third-order valence-electron chi connectivity index (χ3n) is 5.26. The maximum atomic E-state index is 13.5. The van der Waals surface area contributed by atoms with Crippen LogP contribution in [0.3, 0.4) is 0 Å². The molecule has 3 rings (SSSR count).